The van der Waals surface area contributed by atoms with Crippen molar-refractivity contribution < 1.29 is 10.2 Å². The van der Waals surface area contributed by atoms with Crippen LogP contribution in [0.25, 0.3) is 0 Å². The molecule has 0 radical (unpaired) electrons. The van der Waals surface area contributed by atoms with Gasteiger partial charge in [-0.3, -0.25) is 0 Å². The predicted octanol–water partition coefficient (Wildman–Crippen LogP) is 4.48. The SMILES string of the molecule is CC(C=CC1=C(C)C[C@@H](O)CC1(C)C)=CC=CC(C)=CCO. The van der Waals surface area contributed by atoms with Crippen LogP contribution in [0.2, 0.25) is 0 Å². The van der Waals surface area contributed by atoms with Crippen LogP contribution in [0.15, 0.2) is 58.7 Å². The Morgan fingerprint density at radius 3 is 2.50 bits per heavy atom. The van der Waals surface area contributed by atoms with E-state index in [1.807, 2.05) is 19.1 Å². The minimum Gasteiger partial charge on any atom is -0.393 e. The summed E-state index contributed by atoms with van der Waals surface area (Å²) in [6.07, 6.45) is 13.5. The van der Waals surface area contributed by atoms with Gasteiger partial charge in [0.05, 0.1) is 12.7 Å². The van der Waals surface area contributed by atoms with Crippen molar-refractivity contribution in [2.45, 2.75) is 53.6 Å². The van der Waals surface area contributed by atoms with Gasteiger partial charge in [-0.15, -0.1) is 0 Å². The van der Waals surface area contributed by atoms with Gasteiger partial charge in [0, 0.05) is 0 Å². The van der Waals surface area contributed by atoms with Gasteiger partial charge in [-0.1, -0.05) is 67.0 Å². The van der Waals surface area contributed by atoms with Crippen molar-refractivity contribution in [3.05, 3.63) is 58.7 Å². The van der Waals surface area contributed by atoms with Crippen molar-refractivity contribution in [3.63, 3.8) is 0 Å². The summed E-state index contributed by atoms with van der Waals surface area (Å²) in [5.74, 6) is 0. The fourth-order valence-corrected chi connectivity index (χ4v) is 3.01. The Morgan fingerprint density at radius 1 is 1.23 bits per heavy atom. The van der Waals surface area contributed by atoms with Gasteiger partial charge >= 0.3 is 0 Å². The average molecular weight is 302 g/mol. The van der Waals surface area contributed by atoms with Crippen LogP contribution in [0.3, 0.4) is 0 Å². The van der Waals surface area contributed by atoms with E-state index in [-0.39, 0.29) is 18.1 Å². The Morgan fingerprint density at radius 2 is 1.91 bits per heavy atom. The minimum atomic E-state index is -0.215. The minimum absolute atomic E-state index is 0.0226. The van der Waals surface area contributed by atoms with Gasteiger partial charge in [-0.25, -0.2) is 0 Å². The third-order valence-corrected chi connectivity index (χ3v) is 4.12. The van der Waals surface area contributed by atoms with Crippen molar-refractivity contribution in [3.8, 4) is 0 Å². The Hall–Kier alpha value is -1.38. The second-order valence-corrected chi connectivity index (χ2v) is 6.87. The highest BCUT2D eigenvalue weighted by Gasteiger charge is 2.31. The van der Waals surface area contributed by atoms with Gasteiger partial charge in [0.1, 0.15) is 0 Å². The fourth-order valence-electron chi connectivity index (χ4n) is 3.01. The van der Waals surface area contributed by atoms with Gasteiger partial charge in [-0.05, 0) is 44.6 Å². The van der Waals surface area contributed by atoms with Crippen LogP contribution < -0.4 is 0 Å². The van der Waals surface area contributed by atoms with Crippen molar-refractivity contribution in [2.75, 3.05) is 6.61 Å². The second-order valence-electron chi connectivity index (χ2n) is 6.87. The molecule has 0 aliphatic heterocycles. The van der Waals surface area contributed by atoms with Gasteiger partial charge in [-0.2, -0.15) is 0 Å². The Kier molecular flexibility index (Phi) is 7.05. The quantitative estimate of drug-likeness (QED) is 0.735. The molecule has 2 nitrogen and oxygen atoms in total. The summed E-state index contributed by atoms with van der Waals surface area (Å²) in [5.41, 5.74) is 4.87. The second kappa shape index (κ2) is 8.30. The summed E-state index contributed by atoms with van der Waals surface area (Å²) < 4.78 is 0. The highest BCUT2D eigenvalue weighted by atomic mass is 16.3. The van der Waals surface area contributed by atoms with Crippen LogP contribution >= 0.6 is 0 Å². The van der Waals surface area contributed by atoms with Crippen molar-refractivity contribution in [2.24, 2.45) is 5.41 Å². The van der Waals surface area contributed by atoms with E-state index >= 15 is 0 Å². The number of allylic oxidation sites excluding steroid dienone is 8. The van der Waals surface area contributed by atoms with E-state index in [0.717, 1.165) is 18.4 Å². The molecule has 0 unspecified atom stereocenters. The summed E-state index contributed by atoms with van der Waals surface area (Å²) in [4.78, 5) is 0. The lowest BCUT2D eigenvalue weighted by molar-refractivity contribution is 0.116. The molecule has 0 saturated heterocycles. The zero-order valence-electron chi connectivity index (χ0n) is 14.6. The van der Waals surface area contributed by atoms with E-state index < -0.39 is 0 Å². The Bertz CT molecular complexity index is 528. The Balaban J connectivity index is 2.82. The van der Waals surface area contributed by atoms with E-state index in [0.29, 0.717) is 0 Å². The summed E-state index contributed by atoms with van der Waals surface area (Å²) in [6.45, 7) is 10.6. The van der Waals surface area contributed by atoms with Crippen molar-refractivity contribution in [1.82, 2.24) is 0 Å². The average Bonchev–Trinajstić information content (AvgIpc) is 2.36. The summed E-state index contributed by atoms with van der Waals surface area (Å²) in [6, 6.07) is 0. The molecule has 0 saturated carbocycles. The van der Waals surface area contributed by atoms with Crippen molar-refractivity contribution in [1.29, 1.82) is 0 Å². The number of hydrogen-bond donors (Lipinski definition) is 2. The molecule has 2 heteroatoms. The lowest BCUT2D eigenvalue weighted by atomic mass is 9.71. The van der Waals surface area contributed by atoms with E-state index in [9.17, 15) is 5.11 Å². The van der Waals surface area contributed by atoms with Crippen LogP contribution in [-0.4, -0.2) is 22.9 Å². The molecule has 0 aromatic heterocycles. The maximum atomic E-state index is 9.92. The first-order chi connectivity index (χ1) is 10.3. The van der Waals surface area contributed by atoms with Crippen LogP contribution in [-0.2, 0) is 0 Å². The summed E-state index contributed by atoms with van der Waals surface area (Å²) >= 11 is 0. The molecule has 1 aliphatic carbocycles. The zero-order chi connectivity index (χ0) is 16.8. The lowest BCUT2D eigenvalue weighted by Gasteiger charge is -2.35. The number of hydrogen-bond acceptors (Lipinski definition) is 2. The van der Waals surface area contributed by atoms with E-state index in [1.165, 1.54) is 16.7 Å². The highest BCUT2D eigenvalue weighted by molar-refractivity contribution is 5.37. The molecular weight excluding hydrogens is 272 g/mol. The Labute approximate surface area is 135 Å². The predicted molar refractivity (Wildman–Crippen MR) is 94.6 cm³/mol. The summed E-state index contributed by atoms with van der Waals surface area (Å²) in [7, 11) is 0. The number of aliphatic hydroxyl groups excluding tert-OH is 2. The maximum absolute atomic E-state index is 9.92. The molecule has 0 heterocycles. The molecule has 0 bridgehead atoms. The van der Waals surface area contributed by atoms with Crippen LogP contribution in [0.5, 0.6) is 0 Å². The molecule has 0 aromatic rings. The third-order valence-electron chi connectivity index (χ3n) is 4.12. The normalized spacial score (nSPS) is 23.9. The third kappa shape index (κ3) is 5.78. The molecule has 22 heavy (non-hydrogen) atoms. The monoisotopic (exact) mass is 302 g/mol. The van der Waals surface area contributed by atoms with E-state index in [4.69, 9.17) is 5.11 Å². The molecule has 2 N–H and O–H groups in total. The van der Waals surface area contributed by atoms with E-state index in [2.05, 4.69) is 45.9 Å². The standard InChI is InChI=1S/C20H30O2/c1-15(7-6-8-16(2)11-12-21)9-10-19-17(3)13-18(22)14-20(19,4)5/h6-11,18,21-22H,12-14H2,1-5H3/t18-/m1/s1. The first-order valence-corrected chi connectivity index (χ1v) is 7.95. The number of rotatable bonds is 5. The fraction of sp³-hybridized carbons (Fsp3) is 0.500. The smallest absolute Gasteiger partial charge is 0.0617 e. The van der Waals surface area contributed by atoms with Gasteiger partial charge in [0.15, 0.2) is 0 Å². The van der Waals surface area contributed by atoms with Crippen LogP contribution in [0.1, 0.15) is 47.5 Å². The molecular formula is C20H30O2. The summed E-state index contributed by atoms with van der Waals surface area (Å²) in [5, 5.41) is 18.7. The maximum Gasteiger partial charge on any atom is 0.0617 e. The molecule has 0 aromatic carbocycles. The topological polar surface area (TPSA) is 40.5 Å². The molecule has 0 amide bonds. The lowest BCUT2D eigenvalue weighted by Crippen LogP contribution is -2.28. The number of aliphatic hydroxyl groups is 2. The van der Waals surface area contributed by atoms with Crippen molar-refractivity contribution >= 4 is 0 Å². The van der Waals surface area contributed by atoms with Crippen LogP contribution in [0.4, 0.5) is 0 Å². The van der Waals surface area contributed by atoms with Gasteiger partial charge in [0.25, 0.3) is 0 Å². The molecule has 1 atom stereocenters. The van der Waals surface area contributed by atoms with Gasteiger partial charge in [0.2, 0.25) is 0 Å². The molecule has 122 valence electrons. The highest BCUT2D eigenvalue weighted by Crippen LogP contribution is 2.40. The molecule has 0 fully saturated rings. The zero-order valence-corrected chi connectivity index (χ0v) is 14.6. The van der Waals surface area contributed by atoms with Crippen LogP contribution in [0, 0.1) is 5.41 Å². The first kappa shape index (κ1) is 18.7. The first-order valence-electron chi connectivity index (χ1n) is 7.95. The van der Waals surface area contributed by atoms with E-state index in [1.54, 1.807) is 6.08 Å². The van der Waals surface area contributed by atoms with Gasteiger partial charge < -0.3 is 10.2 Å². The molecule has 0 spiro atoms. The largest absolute Gasteiger partial charge is 0.393 e. The molecule has 1 rings (SSSR count). The molecule has 1 aliphatic rings.